The highest BCUT2D eigenvalue weighted by atomic mass is 16.5. The molecule has 7 heteroatoms. The molecule has 1 aromatic heterocycles. The van der Waals surface area contributed by atoms with Crippen LogP contribution in [0.3, 0.4) is 0 Å². The molecule has 1 unspecified atom stereocenters. The van der Waals surface area contributed by atoms with E-state index in [1.807, 2.05) is 22.8 Å². The van der Waals surface area contributed by atoms with Gasteiger partial charge in [-0.2, -0.15) is 0 Å². The molecule has 1 atom stereocenters. The smallest absolute Gasteiger partial charge is 0.228 e. The van der Waals surface area contributed by atoms with Gasteiger partial charge in [-0.3, -0.25) is 10.2 Å². The monoisotopic (exact) mass is 437 g/mol. The summed E-state index contributed by atoms with van der Waals surface area (Å²) >= 11 is 0. The zero-order chi connectivity index (χ0) is 23.2. The number of fused-ring (bicyclic) bond motifs is 1. The Kier molecular flexibility index (Phi) is 5.61. The molecule has 2 aliphatic rings. The van der Waals surface area contributed by atoms with Crippen molar-refractivity contribution in [2.45, 2.75) is 53.0 Å². The lowest BCUT2D eigenvalue weighted by Crippen LogP contribution is -2.37. The van der Waals surface area contributed by atoms with E-state index in [9.17, 15) is 4.79 Å². The van der Waals surface area contributed by atoms with Gasteiger partial charge >= 0.3 is 0 Å². The third kappa shape index (κ3) is 3.80. The number of hydrogen-bond donors (Lipinski definition) is 1. The fraction of sp³-hybridized carbons (Fsp3) is 0.480. The molecule has 0 radical (unpaired) electrons. The minimum atomic E-state index is -0.447. The molecule has 1 aromatic carbocycles. The number of allylic oxidation sites excluding steroid dienone is 2. The average Bonchev–Trinajstić information content (AvgIpc) is 2.72. The van der Waals surface area contributed by atoms with Crippen LogP contribution in [0.2, 0.25) is 0 Å². The number of Topliss-reactive ketones (excluding diaryl/α,β-unsaturated/α-hetero) is 1. The minimum absolute atomic E-state index is 0.0559. The number of aromatic nitrogens is 2. The molecule has 0 fully saturated rings. The molecule has 2 heterocycles. The second kappa shape index (κ2) is 8.11. The van der Waals surface area contributed by atoms with Gasteiger partial charge in [0.25, 0.3) is 0 Å². The van der Waals surface area contributed by atoms with Crippen LogP contribution in [0.25, 0.3) is 0 Å². The van der Waals surface area contributed by atoms with E-state index in [1.165, 1.54) is 0 Å². The molecule has 0 spiro atoms. The minimum Gasteiger partial charge on any atom is -0.493 e. The largest absolute Gasteiger partial charge is 0.493 e. The van der Waals surface area contributed by atoms with Crippen LogP contribution in [0.5, 0.6) is 17.4 Å². The summed E-state index contributed by atoms with van der Waals surface area (Å²) in [6.45, 7) is 9.00. The highest BCUT2D eigenvalue weighted by Gasteiger charge is 2.43. The molecule has 0 saturated heterocycles. The maximum absolute atomic E-state index is 13.4. The molecule has 0 saturated carbocycles. The van der Waals surface area contributed by atoms with Crippen molar-refractivity contribution in [2.75, 3.05) is 14.2 Å². The molecule has 7 nitrogen and oxygen atoms in total. The summed E-state index contributed by atoms with van der Waals surface area (Å²) in [5.74, 6) is 2.21. The van der Waals surface area contributed by atoms with Crippen LogP contribution in [0, 0.1) is 16.7 Å². The molecule has 170 valence electrons. The predicted molar refractivity (Wildman–Crippen MR) is 120 cm³/mol. The Balaban J connectivity index is 1.97. The van der Waals surface area contributed by atoms with Crippen LogP contribution in [-0.4, -0.2) is 29.6 Å². The van der Waals surface area contributed by atoms with Crippen molar-refractivity contribution in [3.63, 3.8) is 0 Å². The molecule has 32 heavy (non-hydrogen) atoms. The maximum atomic E-state index is 13.4. The summed E-state index contributed by atoms with van der Waals surface area (Å²) in [7, 11) is 3.18. The number of carbonyl (C=O) groups is 1. The van der Waals surface area contributed by atoms with Gasteiger partial charge in [0.15, 0.2) is 17.3 Å². The standard InChI is InChI=1S/C25H31N3O4/c1-14(2)12-28-13-27-24-22(23(28)26)20(15-7-8-17(30-5)18(9-15)31-6)21-16(29)10-25(3,4)11-19(21)32-24/h7-9,13-14,20,26H,10-12H2,1-6H3. The number of methoxy groups -OCH3 is 2. The summed E-state index contributed by atoms with van der Waals surface area (Å²) in [6, 6.07) is 5.65. The average molecular weight is 438 g/mol. The molecular weight excluding hydrogens is 406 g/mol. The Morgan fingerprint density at radius 3 is 2.59 bits per heavy atom. The first-order chi connectivity index (χ1) is 15.1. The van der Waals surface area contributed by atoms with Crippen molar-refractivity contribution < 1.29 is 19.0 Å². The number of rotatable bonds is 5. The van der Waals surface area contributed by atoms with E-state index in [-0.39, 0.29) is 11.2 Å². The van der Waals surface area contributed by atoms with Gasteiger partial charge < -0.3 is 18.8 Å². The van der Waals surface area contributed by atoms with Crippen molar-refractivity contribution in [2.24, 2.45) is 11.3 Å². The molecule has 1 N–H and O–H groups in total. The van der Waals surface area contributed by atoms with E-state index < -0.39 is 5.92 Å². The zero-order valence-corrected chi connectivity index (χ0v) is 19.6. The third-order valence-corrected chi connectivity index (χ3v) is 6.07. The van der Waals surface area contributed by atoms with Crippen LogP contribution >= 0.6 is 0 Å². The molecule has 1 aliphatic carbocycles. The molecule has 1 aliphatic heterocycles. The Labute approximate surface area is 188 Å². The summed E-state index contributed by atoms with van der Waals surface area (Å²) < 4.78 is 19.0. The van der Waals surface area contributed by atoms with Gasteiger partial charge in [0.2, 0.25) is 5.88 Å². The number of carbonyl (C=O) groups excluding carboxylic acids is 1. The maximum Gasteiger partial charge on any atom is 0.228 e. The Morgan fingerprint density at radius 2 is 1.94 bits per heavy atom. The number of ketones is 1. The van der Waals surface area contributed by atoms with E-state index in [2.05, 4.69) is 32.7 Å². The second-order valence-corrected chi connectivity index (χ2v) is 9.79. The Hall–Kier alpha value is -3.09. The van der Waals surface area contributed by atoms with Crippen LogP contribution < -0.4 is 19.7 Å². The quantitative estimate of drug-likeness (QED) is 0.757. The number of nitrogens with one attached hydrogen (secondary N) is 1. The van der Waals surface area contributed by atoms with Gasteiger partial charge in [-0.05, 0) is 29.0 Å². The highest BCUT2D eigenvalue weighted by molar-refractivity contribution is 6.00. The SMILES string of the molecule is COc1ccc(C2C3=C(CC(C)(C)CC3=O)Oc3ncn(CC(C)C)c(=N)c32)cc1OC. The number of ether oxygens (including phenoxy) is 3. The van der Waals surface area contributed by atoms with Gasteiger partial charge in [0, 0.05) is 25.0 Å². The van der Waals surface area contributed by atoms with Gasteiger partial charge in [-0.25, -0.2) is 4.98 Å². The first-order valence-electron chi connectivity index (χ1n) is 10.9. The topological polar surface area (TPSA) is 86.4 Å². The van der Waals surface area contributed by atoms with E-state index >= 15 is 0 Å². The molecule has 4 rings (SSSR count). The lowest BCUT2D eigenvalue weighted by atomic mass is 9.70. The summed E-state index contributed by atoms with van der Waals surface area (Å²) in [5.41, 5.74) is 2.22. The van der Waals surface area contributed by atoms with Crippen LogP contribution in [-0.2, 0) is 11.3 Å². The van der Waals surface area contributed by atoms with Gasteiger partial charge in [0.1, 0.15) is 17.6 Å². The number of benzene rings is 1. The Bertz CT molecular complexity index is 1160. The molecule has 0 amide bonds. The fourth-order valence-electron chi connectivity index (χ4n) is 4.70. The van der Waals surface area contributed by atoms with Gasteiger partial charge in [0.05, 0.1) is 25.7 Å². The van der Waals surface area contributed by atoms with Crippen LogP contribution in [0.4, 0.5) is 0 Å². The number of hydrogen-bond acceptors (Lipinski definition) is 6. The van der Waals surface area contributed by atoms with Gasteiger partial charge in [-0.15, -0.1) is 0 Å². The van der Waals surface area contributed by atoms with E-state index in [1.54, 1.807) is 20.5 Å². The number of nitrogens with zero attached hydrogens (tertiary/aromatic N) is 2. The summed E-state index contributed by atoms with van der Waals surface area (Å²) in [6.07, 6.45) is 2.75. The van der Waals surface area contributed by atoms with E-state index in [0.29, 0.717) is 65.1 Å². The predicted octanol–water partition coefficient (Wildman–Crippen LogP) is 4.20. The highest BCUT2D eigenvalue weighted by Crippen LogP contribution is 2.49. The first kappa shape index (κ1) is 22.1. The summed E-state index contributed by atoms with van der Waals surface area (Å²) in [4.78, 5) is 18.0. The van der Waals surface area contributed by atoms with Crippen LogP contribution in [0.1, 0.15) is 57.6 Å². The van der Waals surface area contributed by atoms with E-state index in [4.69, 9.17) is 19.6 Å². The summed E-state index contributed by atoms with van der Waals surface area (Å²) in [5, 5.41) is 8.98. The third-order valence-electron chi connectivity index (χ3n) is 6.07. The molecule has 0 bridgehead atoms. The van der Waals surface area contributed by atoms with Gasteiger partial charge in [-0.1, -0.05) is 33.8 Å². The molecule has 2 aromatic rings. The second-order valence-electron chi connectivity index (χ2n) is 9.79. The van der Waals surface area contributed by atoms with Crippen molar-refractivity contribution >= 4 is 5.78 Å². The fourth-order valence-corrected chi connectivity index (χ4v) is 4.70. The van der Waals surface area contributed by atoms with Crippen molar-refractivity contribution in [3.05, 3.63) is 52.5 Å². The van der Waals surface area contributed by atoms with Crippen molar-refractivity contribution in [1.29, 1.82) is 5.41 Å². The zero-order valence-electron chi connectivity index (χ0n) is 19.6. The van der Waals surface area contributed by atoms with Crippen molar-refractivity contribution in [3.8, 4) is 17.4 Å². The molecular formula is C25H31N3O4. The normalized spacial score (nSPS) is 19.3. The van der Waals surface area contributed by atoms with Crippen LogP contribution in [0.15, 0.2) is 35.9 Å². The van der Waals surface area contributed by atoms with E-state index in [0.717, 1.165) is 5.56 Å². The first-order valence-corrected chi connectivity index (χ1v) is 10.9. The Morgan fingerprint density at radius 1 is 1.22 bits per heavy atom. The van der Waals surface area contributed by atoms with Crippen molar-refractivity contribution in [1.82, 2.24) is 9.55 Å². The lowest BCUT2D eigenvalue weighted by Gasteiger charge is -2.38. The lowest BCUT2D eigenvalue weighted by molar-refractivity contribution is -0.118.